The summed E-state index contributed by atoms with van der Waals surface area (Å²) in [6.07, 6.45) is 0. The number of rotatable bonds is 7. The van der Waals surface area contributed by atoms with E-state index in [1.807, 2.05) is 0 Å². The number of nitrogens with one attached hydrogen (secondary N) is 3. The van der Waals surface area contributed by atoms with Crippen LogP contribution in [0.1, 0.15) is 27.6 Å². The smallest absolute Gasteiger partial charge is 0.338 e. The summed E-state index contributed by atoms with van der Waals surface area (Å²) < 4.78 is 10.2. The molecule has 2 amide bonds. The Bertz CT molecular complexity index is 995. The van der Waals surface area contributed by atoms with E-state index < -0.39 is 22.7 Å². The Morgan fingerprint density at radius 2 is 1.77 bits per heavy atom. The fraction of sp³-hybridized carbons (Fsp3) is 0.158. The number of ether oxygens (including phenoxy) is 2. The molecule has 2 rings (SSSR count). The van der Waals surface area contributed by atoms with Gasteiger partial charge in [0.1, 0.15) is 5.75 Å². The summed E-state index contributed by atoms with van der Waals surface area (Å²) in [5, 5.41) is 12.8. The van der Waals surface area contributed by atoms with Crippen LogP contribution in [-0.2, 0) is 9.53 Å². The summed E-state index contributed by atoms with van der Waals surface area (Å²) >= 11 is 4.89. The van der Waals surface area contributed by atoms with Crippen LogP contribution in [0.2, 0.25) is 0 Å². The van der Waals surface area contributed by atoms with Crippen molar-refractivity contribution in [3.8, 4) is 5.75 Å². The van der Waals surface area contributed by atoms with E-state index in [9.17, 15) is 24.5 Å². The molecule has 0 aromatic heterocycles. The minimum absolute atomic E-state index is 0.0271. The van der Waals surface area contributed by atoms with Crippen LogP contribution in [0.15, 0.2) is 48.5 Å². The van der Waals surface area contributed by atoms with Gasteiger partial charge in [-0.05, 0) is 49.5 Å². The molecule has 0 aliphatic heterocycles. The number of carbonyl (C=O) groups is 3. The van der Waals surface area contributed by atoms with Crippen molar-refractivity contribution in [3.63, 3.8) is 0 Å². The molecule has 0 saturated heterocycles. The summed E-state index contributed by atoms with van der Waals surface area (Å²) in [5.74, 6) is -1.39. The predicted molar refractivity (Wildman–Crippen MR) is 112 cm³/mol. The van der Waals surface area contributed by atoms with Crippen LogP contribution in [0.25, 0.3) is 0 Å². The van der Waals surface area contributed by atoms with Gasteiger partial charge in [0.25, 0.3) is 17.5 Å². The Morgan fingerprint density at radius 1 is 1.06 bits per heavy atom. The van der Waals surface area contributed by atoms with E-state index in [0.29, 0.717) is 11.3 Å². The average molecular weight is 446 g/mol. The molecule has 31 heavy (non-hydrogen) atoms. The Morgan fingerprint density at radius 3 is 2.42 bits per heavy atom. The topological polar surface area (TPSA) is 149 Å². The molecule has 0 saturated carbocycles. The largest absolute Gasteiger partial charge is 0.484 e. The predicted octanol–water partition coefficient (Wildman–Crippen LogP) is 1.49. The molecule has 0 bridgehead atoms. The molecule has 0 aliphatic rings. The van der Waals surface area contributed by atoms with E-state index in [1.54, 1.807) is 6.92 Å². The normalized spacial score (nSPS) is 9.84. The van der Waals surface area contributed by atoms with Gasteiger partial charge in [0.2, 0.25) is 0 Å². The first-order valence-electron chi connectivity index (χ1n) is 8.84. The molecule has 0 unspecified atom stereocenters. The van der Waals surface area contributed by atoms with Crippen molar-refractivity contribution in [3.05, 3.63) is 69.8 Å². The summed E-state index contributed by atoms with van der Waals surface area (Å²) in [6, 6.07) is 11.1. The molecule has 0 heterocycles. The zero-order chi connectivity index (χ0) is 22.8. The second-order valence-electron chi connectivity index (χ2n) is 5.80. The van der Waals surface area contributed by atoms with Gasteiger partial charge in [-0.25, -0.2) is 4.79 Å². The monoisotopic (exact) mass is 446 g/mol. The van der Waals surface area contributed by atoms with Gasteiger partial charge in [-0.2, -0.15) is 0 Å². The number of thiocarbonyl (C=S) groups is 1. The number of hydrogen-bond acceptors (Lipinski definition) is 8. The number of hydrogen-bond donors (Lipinski definition) is 3. The third-order valence-electron chi connectivity index (χ3n) is 3.60. The number of non-ortho nitro benzene ring substituents is 1. The molecule has 2 aromatic rings. The van der Waals surface area contributed by atoms with E-state index in [0.717, 1.165) is 6.07 Å². The maximum absolute atomic E-state index is 12.1. The highest BCUT2D eigenvalue weighted by Crippen LogP contribution is 2.13. The molecular formula is C19H18N4O7S. The van der Waals surface area contributed by atoms with Crippen LogP contribution >= 0.6 is 12.2 Å². The van der Waals surface area contributed by atoms with Crippen LogP contribution in [0, 0.1) is 10.1 Å². The molecule has 3 N–H and O–H groups in total. The first-order chi connectivity index (χ1) is 14.8. The van der Waals surface area contributed by atoms with Crippen LogP contribution in [0.4, 0.5) is 5.69 Å². The molecular weight excluding hydrogens is 428 g/mol. The molecule has 0 aliphatic carbocycles. The first-order valence-corrected chi connectivity index (χ1v) is 9.25. The number of benzene rings is 2. The van der Waals surface area contributed by atoms with E-state index in [1.165, 1.54) is 42.5 Å². The molecule has 2 aromatic carbocycles. The SMILES string of the molecule is CCOC(=O)c1ccc(OCC(=O)NNC(=S)NC(=O)c2cccc([N+](=O)[O-])c2)cc1. The second-order valence-corrected chi connectivity index (χ2v) is 6.21. The second kappa shape index (κ2) is 11.2. The Kier molecular flexibility index (Phi) is 8.40. The Balaban J connectivity index is 1.76. The van der Waals surface area contributed by atoms with Gasteiger partial charge in [0.05, 0.1) is 17.1 Å². The molecule has 0 atom stereocenters. The zero-order valence-corrected chi connectivity index (χ0v) is 17.1. The lowest BCUT2D eigenvalue weighted by Gasteiger charge is -2.11. The fourth-order valence-corrected chi connectivity index (χ4v) is 2.32. The zero-order valence-electron chi connectivity index (χ0n) is 16.2. The van der Waals surface area contributed by atoms with Crippen molar-refractivity contribution in [2.24, 2.45) is 0 Å². The summed E-state index contributed by atoms with van der Waals surface area (Å²) in [6.45, 7) is 1.60. The third-order valence-corrected chi connectivity index (χ3v) is 3.80. The standard InChI is InChI=1S/C19H18N4O7S/c1-2-29-18(26)12-6-8-15(9-7-12)30-11-16(24)21-22-19(31)20-17(25)13-4-3-5-14(10-13)23(27)28/h3-10H,2,11H2,1H3,(H,21,24)(H2,20,22,25,31). The fourth-order valence-electron chi connectivity index (χ4n) is 2.18. The number of nitro benzene ring substituents is 1. The Hall–Kier alpha value is -4.06. The van der Waals surface area contributed by atoms with E-state index >= 15 is 0 Å². The molecule has 12 heteroatoms. The summed E-state index contributed by atoms with van der Waals surface area (Å²) in [7, 11) is 0. The van der Waals surface area contributed by atoms with Gasteiger partial charge in [0, 0.05) is 17.7 Å². The summed E-state index contributed by atoms with van der Waals surface area (Å²) in [4.78, 5) is 45.6. The average Bonchev–Trinajstić information content (AvgIpc) is 2.76. The van der Waals surface area contributed by atoms with Crippen LogP contribution in [-0.4, -0.2) is 41.0 Å². The third kappa shape index (κ3) is 7.36. The number of hydrazine groups is 1. The van der Waals surface area contributed by atoms with Crippen molar-refractivity contribution in [1.82, 2.24) is 16.2 Å². The van der Waals surface area contributed by atoms with Gasteiger partial charge >= 0.3 is 5.97 Å². The van der Waals surface area contributed by atoms with Crippen LogP contribution in [0.5, 0.6) is 5.75 Å². The number of nitro groups is 1. The molecule has 0 spiro atoms. The van der Waals surface area contributed by atoms with Gasteiger partial charge in [-0.1, -0.05) is 6.07 Å². The van der Waals surface area contributed by atoms with E-state index in [2.05, 4.69) is 16.2 Å². The highest BCUT2D eigenvalue weighted by atomic mass is 32.1. The quantitative estimate of drug-likeness (QED) is 0.249. The maximum Gasteiger partial charge on any atom is 0.338 e. The van der Waals surface area contributed by atoms with E-state index in [-0.39, 0.29) is 29.6 Å². The van der Waals surface area contributed by atoms with Crippen molar-refractivity contribution >= 4 is 40.8 Å². The summed E-state index contributed by atoms with van der Waals surface area (Å²) in [5.41, 5.74) is 4.69. The van der Waals surface area contributed by atoms with Crippen LogP contribution < -0.4 is 20.9 Å². The van der Waals surface area contributed by atoms with Gasteiger partial charge in [-0.3, -0.25) is 35.9 Å². The van der Waals surface area contributed by atoms with Crippen LogP contribution in [0.3, 0.4) is 0 Å². The molecule has 0 fully saturated rings. The highest BCUT2D eigenvalue weighted by molar-refractivity contribution is 7.80. The number of esters is 1. The lowest BCUT2D eigenvalue weighted by molar-refractivity contribution is -0.384. The van der Waals surface area contributed by atoms with Gasteiger partial charge < -0.3 is 9.47 Å². The van der Waals surface area contributed by atoms with Crippen molar-refractivity contribution in [2.75, 3.05) is 13.2 Å². The Labute approximate surface area is 181 Å². The molecule has 162 valence electrons. The number of amides is 2. The lowest BCUT2D eigenvalue weighted by atomic mass is 10.2. The maximum atomic E-state index is 12.1. The number of carbonyl (C=O) groups excluding carboxylic acids is 3. The highest BCUT2D eigenvalue weighted by Gasteiger charge is 2.13. The molecule has 0 radical (unpaired) electrons. The number of nitrogens with zero attached hydrogens (tertiary/aromatic N) is 1. The first kappa shape index (κ1) is 23.2. The van der Waals surface area contributed by atoms with Gasteiger partial charge in [-0.15, -0.1) is 0 Å². The van der Waals surface area contributed by atoms with Crippen molar-refractivity contribution in [2.45, 2.75) is 6.92 Å². The van der Waals surface area contributed by atoms with E-state index in [4.69, 9.17) is 21.7 Å². The van der Waals surface area contributed by atoms with Crippen molar-refractivity contribution < 1.29 is 28.8 Å². The minimum Gasteiger partial charge on any atom is -0.484 e. The lowest BCUT2D eigenvalue weighted by Crippen LogP contribution is -2.49. The van der Waals surface area contributed by atoms with Crippen molar-refractivity contribution in [1.29, 1.82) is 0 Å². The van der Waals surface area contributed by atoms with Gasteiger partial charge in [0.15, 0.2) is 11.7 Å². The molecule has 11 nitrogen and oxygen atoms in total. The minimum atomic E-state index is -0.687.